The van der Waals surface area contributed by atoms with Gasteiger partial charge < -0.3 is 10.2 Å². The van der Waals surface area contributed by atoms with E-state index in [1.807, 2.05) is 31.2 Å². The number of carbonyl (C=O) groups excluding carboxylic acids is 2. The Morgan fingerprint density at radius 1 is 1.39 bits per heavy atom. The van der Waals surface area contributed by atoms with Crippen LogP contribution in [0.1, 0.15) is 24.0 Å². The molecule has 0 aliphatic carbocycles. The van der Waals surface area contributed by atoms with Gasteiger partial charge in [-0.3, -0.25) is 9.59 Å². The summed E-state index contributed by atoms with van der Waals surface area (Å²) in [6.45, 7) is 2.54. The lowest BCUT2D eigenvalue weighted by atomic mass is 10.1. The minimum absolute atomic E-state index is 0.0467. The zero-order valence-corrected chi connectivity index (χ0v) is 10.8. The molecular formula is C14H18N2O2. The molecule has 4 heteroatoms. The maximum Gasteiger partial charge on any atom is 0.243 e. The van der Waals surface area contributed by atoms with E-state index in [4.69, 9.17) is 0 Å². The van der Waals surface area contributed by atoms with Gasteiger partial charge in [-0.1, -0.05) is 29.8 Å². The summed E-state index contributed by atoms with van der Waals surface area (Å²) in [6, 6.07) is 7.74. The maximum atomic E-state index is 11.9. The number of nitrogens with zero attached hydrogens (tertiary/aromatic N) is 1. The number of amides is 2. The van der Waals surface area contributed by atoms with Gasteiger partial charge in [0.05, 0.1) is 0 Å². The van der Waals surface area contributed by atoms with Crippen LogP contribution in [-0.4, -0.2) is 29.8 Å². The molecule has 18 heavy (non-hydrogen) atoms. The molecule has 4 nitrogen and oxygen atoms in total. The number of nitrogens with one attached hydrogen (secondary N) is 1. The standard InChI is InChI=1S/C14H18N2O2/c1-10-3-5-11(6-4-10)9-15-14(18)12-7-8-13(17)16(12)2/h3-6,12H,7-9H2,1-2H3,(H,15,18). The second-order valence-corrected chi connectivity index (χ2v) is 4.76. The van der Waals surface area contributed by atoms with Gasteiger partial charge in [-0.2, -0.15) is 0 Å². The molecule has 1 N–H and O–H groups in total. The van der Waals surface area contributed by atoms with Crippen LogP contribution in [-0.2, 0) is 16.1 Å². The number of aryl methyl sites for hydroxylation is 1. The summed E-state index contributed by atoms with van der Waals surface area (Å²) < 4.78 is 0. The molecule has 0 spiro atoms. The summed E-state index contributed by atoms with van der Waals surface area (Å²) >= 11 is 0. The van der Waals surface area contributed by atoms with Crippen molar-refractivity contribution in [1.82, 2.24) is 10.2 Å². The number of benzene rings is 1. The zero-order valence-electron chi connectivity index (χ0n) is 10.8. The van der Waals surface area contributed by atoms with Crippen LogP contribution < -0.4 is 5.32 Å². The second kappa shape index (κ2) is 5.21. The molecule has 0 aromatic heterocycles. The van der Waals surface area contributed by atoms with Gasteiger partial charge in [0.1, 0.15) is 6.04 Å². The average molecular weight is 246 g/mol. The van der Waals surface area contributed by atoms with E-state index in [-0.39, 0.29) is 17.9 Å². The summed E-state index contributed by atoms with van der Waals surface area (Å²) in [5.74, 6) is -0.0191. The Kier molecular flexibility index (Phi) is 3.65. The first kappa shape index (κ1) is 12.6. The molecule has 2 rings (SSSR count). The third-order valence-corrected chi connectivity index (χ3v) is 3.38. The number of likely N-dealkylation sites (tertiary alicyclic amines) is 1. The third-order valence-electron chi connectivity index (χ3n) is 3.38. The summed E-state index contributed by atoms with van der Waals surface area (Å²) in [6.07, 6.45) is 1.09. The fourth-order valence-electron chi connectivity index (χ4n) is 2.12. The molecule has 1 atom stereocenters. The summed E-state index contributed by atoms with van der Waals surface area (Å²) in [5.41, 5.74) is 2.27. The zero-order chi connectivity index (χ0) is 13.1. The minimum Gasteiger partial charge on any atom is -0.350 e. The van der Waals surface area contributed by atoms with E-state index in [0.29, 0.717) is 19.4 Å². The van der Waals surface area contributed by atoms with Crippen LogP contribution in [0.3, 0.4) is 0 Å². The van der Waals surface area contributed by atoms with Gasteiger partial charge >= 0.3 is 0 Å². The Morgan fingerprint density at radius 2 is 2.06 bits per heavy atom. The Bertz CT molecular complexity index is 453. The van der Waals surface area contributed by atoms with Gasteiger partial charge in [-0.25, -0.2) is 0 Å². The van der Waals surface area contributed by atoms with E-state index in [1.54, 1.807) is 7.05 Å². The van der Waals surface area contributed by atoms with Crippen molar-refractivity contribution in [1.29, 1.82) is 0 Å². The third kappa shape index (κ3) is 2.70. The number of rotatable bonds is 3. The van der Waals surface area contributed by atoms with Gasteiger partial charge in [-0.05, 0) is 18.9 Å². The van der Waals surface area contributed by atoms with E-state index in [9.17, 15) is 9.59 Å². The smallest absolute Gasteiger partial charge is 0.243 e. The largest absolute Gasteiger partial charge is 0.350 e. The van der Waals surface area contributed by atoms with Gasteiger partial charge in [-0.15, -0.1) is 0 Å². The van der Waals surface area contributed by atoms with E-state index >= 15 is 0 Å². The van der Waals surface area contributed by atoms with E-state index in [2.05, 4.69) is 5.32 Å². The number of hydrogen-bond donors (Lipinski definition) is 1. The quantitative estimate of drug-likeness (QED) is 0.872. The van der Waals surface area contributed by atoms with Crippen LogP contribution >= 0.6 is 0 Å². The predicted molar refractivity (Wildman–Crippen MR) is 68.8 cm³/mol. The molecule has 0 radical (unpaired) electrons. The lowest BCUT2D eigenvalue weighted by Crippen LogP contribution is -2.42. The molecule has 96 valence electrons. The SMILES string of the molecule is Cc1ccc(CNC(=O)C2CCC(=O)N2C)cc1. The van der Waals surface area contributed by atoms with Crippen LogP contribution in [0.2, 0.25) is 0 Å². The molecule has 1 aliphatic rings. The fraction of sp³-hybridized carbons (Fsp3) is 0.429. The summed E-state index contributed by atoms with van der Waals surface area (Å²) in [4.78, 5) is 24.8. The normalized spacial score (nSPS) is 19.1. The first-order valence-corrected chi connectivity index (χ1v) is 6.17. The lowest BCUT2D eigenvalue weighted by molar-refractivity contribution is -0.133. The molecule has 1 unspecified atom stereocenters. The van der Waals surface area contributed by atoms with Crippen molar-refractivity contribution in [3.8, 4) is 0 Å². The molecule has 1 aliphatic heterocycles. The summed E-state index contributed by atoms with van der Waals surface area (Å²) in [7, 11) is 1.69. The van der Waals surface area contributed by atoms with Crippen LogP contribution in [0.4, 0.5) is 0 Å². The molecular weight excluding hydrogens is 228 g/mol. The van der Waals surface area contributed by atoms with Crippen molar-refractivity contribution in [2.45, 2.75) is 32.4 Å². The Balaban J connectivity index is 1.89. The van der Waals surface area contributed by atoms with E-state index in [0.717, 1.165) is 5.56 Å². The molecule has 1 aromatic rings. The van der Waals surface area contributed by atoms with Gasteiger partial charge in [0, 0.05) is 20.0 Å². The Hall–Kier alpha value is -1.84. The molecule has 1 aromatic carbocycles. The molecule has 1 heterocycles. The van der Waals surface area contributed by atoms with Crippen molar-refractivity contribution >= 4 is 11.8 Å². The lowest BCUT2D eigenvalue weighted by Gasteiger charge is -2.19. The van der Waals surface area contributed by atoms with Crippen LogP contribution in [0.15, 0.2) is 24.3 Å². The van der Waals surface area contributed by atoms with Crippen molar-refractivity contribution in [3.63, 3.8) is 0 Å². The van der Waals surface area contributed by atoms with E-state index in [1.165, 1.54) is 10.5 Å². The Morgan fingerprint density at radius 3 is 2.61 bits per heavy atom. The predicted octanol–water partition coefficient (Wildman–Crippen LogP) is 1.23. The molecule has 2 amide bonds. The van der Waals surface area contributed by atoms with Crippen molar-refractivity contribution < 1.29 is 9.59 Å². The molecule has 1 saturated heterocycles. The van der Waals surface area contributed by atoms with Crippen molar-refractivity contribution in [3.05, 3.63) is 35.4 Å². The van der Waals surface area contributed by atoms with Crippen LogP contribution in [0.5, 0.6) is 0 Å². The van der Waals surface area contributed by atoms with Crippen molar-refractivity contribution in [2.24, 2.45) is 0 Å². The van der Waals surface area contributed by atoms with Crippen molar-refractivity contribution in [2.75, 3.05) is 7.05 Å². The molecule has 0 bridgehead atoms. The van der Waals surface area contributed by atoms with Crippen LogP contribution in [0, 0.1) is 6.92 Å². The highest BCUT2D eigenvalue weighted by molar-refractivity contribution is 5.90. The number of hydrogen-bond acceptors (Lipinski definition) is 2. The van der Waals surface area contributed by atoms with Gasteiger partial charge in [0.2, 0.25) is 11.8 Å². The minimum atomic E-state index is -0.303. The van der Waals surface area contributed by atoms with Gasteiger partial charge in [0.25, 0.3) is 0 Å². The first-order chi connectivity index (χ1) is 8.58. The van der Waals surface area contributed by atoms with Crippen LogP contribution in [0.25, 0.3) is 0 Å². The Labute approximate surface area is 107 Å². The number of carbonyl (C=O) groups is 2. The fourth-order valence-corrected chi connectivity index (χ4v) is 2.12. The molecule has 1 fully saturated rings. The highest BCUT2D eigenvalue weighted by atomic mass is 16.2. The second-order valence-electron chi connectivity index (χ2n) is 4.76. The topological polar surface area (TPSA) is 49.4 Å². The maximum absolute atomic E-state index is 11.9. The average Bonchev–Trinajstić information content (AvgIpc) is 2.69. The monoisotopic (exact) mass is 246 g/mol. The summed E-state index contributed by atoms with van der Waals surface area (Å²) in [5, 5.41) is 2.88. The number of likely N-dealkylation sites (N-methyl/N-ethyl adjacent to an activating group) is 1. The van der Waals surface area contributed by atoms with E-state index < -0.39 is 0 Å². The van der Waals surface area contributed by atoms with Gasteiger partial charge in [0.15, 0.2) is 0 Å². The first-order valence-electron chi connectivity index (χ1n) is 6.17. The highest BCUT2D eigenvalue weighted by Gasteiger charge is 2.32. The molecule has 0 saturated carbocycles. The highest BCUT2D eigenvalue weighted by Crippen LogP contribution is 2.16.